The number of nitrogens with zero attached hydrogens (tertiary/aromatic N) is 1. The molecule has 0 amide bonds. The standard InChI is InChI=1S/C15H24BrN3O2S/c1-12-11-15(13(2)10-14(12)16)22(20,21)18-4-3-7-19-8-5-17-6-9-19/h10-11,17-18H,3-9H2,1-2H3. The van der Waals surface area contributed by atoms with E-state index in [9.17, 15) is 8.42 Å². The van der Waals surface area contributed by atoms with Crippen molar-refractivity contribution in [2.45, 2.75) is 25.2 Å². The second-order valence-corrected chi connectivity index (χ2v) is 8.30. The molecule has 1 aromatic carbocycles. The van der Waals surface area contributed by atoms with Crippen LogP contribution >= 0.6 is 15.9 Å². The van der Waals surface area contributed by atoms with Gasteiger partial charge in [0.15, 0.2) is 0 Å². The van der Waals surface area contributed by atoms with Crippen molar-refractivity contribution in [3.8, 4) is 0 Å². The molecule has 2 rings (SSSR count). The molecule has 5 nitrogen and oxygen atoms in total. The highest BCUT2D eigenvalue weighted by molar-refractivity contribution is 9.10. The van der Waals surface area contributed by atoms with Crippen LogP contribution in [0.1, 0.15) is 17.5 Å². The Morgan fingerprint density at radius 1 is 1.23 bits per heavy atom. The van der Waals surface area contributed by atoms with Gasteiger partial charge in [0.25, 0.3) is 0 Å². The number of aryl methyl sites for hydroxylation is 2. The van der Waals surface area contributed by atoms with Crippen LogP contribution < -0.4 is 10.0 Å². The van der Waals surface area contributed by atoms with Gasteiger partial charge in [-0.15, -0.1) is 0 Å². The molecule has 1 aliphatic rings. The number of piperazine rings is 1. The van der Waals surface area contributed by atoms with Crippen LogP contribution in [0.3, 0.4) is 0 Å². The second kappa shape index (κ2) is 7.88. The third kappa shape index (κ3) is 4.76. The summed E-state index contributed by atoms with van der Waals surface area (Å²) in [5.74, 6) is 0. The maximum atomic E-state index is 12.4. The first-order valence-electron chi connectivity index (χ1n) is 7.59. The molecule has 0 radical (unpaired) electrons. The average molecular weight is 390 g/mol. The summed E-state index contributed by atoms with van der Waals surface area (Å²) >= 11 is 3.43. The molecule has 0 aromatic heterocycles. The van der Waals surface area contributed by atoms with E-state index in [2.05, 4.69) is 30.9 Å². The summed E-state index contributed by atoms with van der Waals surface area (Å²) < 4.78 is 28.5. The molecular formula is C15H24BrN3O2S. The Hall–Kier alpha value is -0.470. The molecule has 124 valence electrons. The van der Waals surface area contributed by atoms with E-state index < -0.39 is 10.0 Å². The van der Waals surface area contributed by atoms with Crippen LogP contribution in [0.15, 0.2) is 21.5 Å². The number of nitrogens with one attached hydrogen (secondary N) is 2. The Morgan fingerprint density at radius 2 is 1.91 bits per heavy atom. The van der Waals surface area contributed by atoms with Gasteiger partial charge in [0.05, 0.1) is 4.90 Å². The van der Waals surface area contributed by atoms with Crippen molar-refractivity contribution in [3.63, 3.8) is 0 Å². The zero-order valence-electron chi connectivity index (χ0n) is 13.2. The first-order valence-corrected chi connectivity index (χ1v) is 9.87. The highest BCUT2D eigenvalue weighted by Crippen LogP contribution is 2.24. The monoisotopic (exact) mass is 389 g/mol. The maximum absolute atomic E-state index is 12.4. The van der Waals surface area contributed by atoms with E-state index in [0.29, 0.717) is 11.4 Å². The molecule has 1 heterocycles. The van der Waals surface area contributed by atoms with Gasteiger partial charge in [-0.05, 0) is 50.1 Å². The molecule has 1 aromatic rings. The molecule has 2 N–H and O–H groups in total. The number of hydrogen-bond acceptors (Lipinski definition) is 4. The Balaban J connectivity index is 1.89. The van der Waals surface area contributed by atoms with Crippen molar-refractivity contribution in [1.29, 1.82) is 0 Å². The van der Waals surface area contributed by atoms with E-state index in [-0.39, 0.29) is 0 Å². The minimum absolute atomic E-state index is 0.371. The average Bonchev–Trinajstić information content (AvgIpc) is 2.48. The van der Waals surface area contributed by atoms with Crippen LogP contribution in [0.4, 0.5) is 0 Å². The lowest BCUT2D eigenvalue weighted by Crippen LogP contribution is -2.44. The molecule has 0 aliphatic carbocycles. The van der Waals surface area contributed by atoms with Crippen LogP contribution in [-0.4, -0.2) is 52.6 Å². The number of hydrogen-bond donors (Lipinski definition) is 2. The smallest absolute Gasteiger partial charge is 0.240 e. The Kier molecular flexibility index (Phi) is 6.40. The van der Waals surface area contributed by atoms with Crippen molar-refractivity contribution in [1.82, 2.24) is 14.9 Å². The number of halogens is 1. The van der Waals surface area contributed by atoms with Gasteiger partial charge < -0.3 is 10.2 Å². The fourth-order valence-corrected chi connectivity index (χ4v) is 4.41. The first-order chi connectivity index (χ1) is 10.4. The van der Waals surface area contributed by atoms with Gasteiger partial charge in [0.1, 0.15) is 0 Å². The third-order valence-electron chi connectivity index (χ3n) is 3.90. The molecule has 0 unspecified atom stereocenters. The Morgan fingerprint density at radius 3 is 2.59 bits per heavy atom. The predicted molar refractivity (Wildman–Crippen MR) is 92.7 cm³/mol. The lowest BCUT2D eigenvalue weighted by Gasteiger charge is -2.27. The normalized spacial score (nSPS) is 16.9. The minimum atomic E-state index is -3.43. The molecule has 22 heavy (non-hydrogen) atoms. The van der Waals surface area contributed by atoms with Crippen molar-refractivity contribution < 1.29 is 8.42 Å². The van der Waals surface area contributed by atoms with Crippen LogP contribution in [0, 0.1) is 13.8 Å². The van der Waals surface area contributed by atoms with Gasteiger partial charge >= 0.3 is 0 Å². The van der Waals surface area contributed by atoms with E-state index in [1.54, 1.807) is 6.07 Å². The van der Waals surface area contributed by atoms with E-state index in [1.807, 2.05) is 19.9 Å². The van der Waals surface area contributed by atoms with Gasteiger partial charge in [-0.2, -0.15) is 0 Å². The van der Waals surface area contributed by atoms with Crippen molar-refractivity contribution in [3.05, 3.63) is 27.7 Å². The summed E-state index contributed by atoms with van der Waals surface area (Å²) in [6.45, 7) is 9.23. The summed E-state index contributed by atoms with van der Waals surface area (Å²) in [6.07, 6.45) is 0.827. The minimum Gasteiger partial charge on any atom is -0.314 e. The zero-order valence-corrected chi connectivity index (χ0v) is 15.6. The summed E-state index contributed by atoms with van der Waals surface area (Å²) in [5, 5.41) is 3.31. The topological polar surface area (TPSA) is 61.4 Å². The van der Waals surface area contributed by atoms with E-state index in [0.717, 1.165) is 54.7 Å². The van der Waals surface area contributed by atoms with Crippen molar-refractivity contribution >= 4 is 26.0 Å². The third-order valence-corrected chi connectivity index (χ3v) is 6.36. The van der Waals surface area contributed by atoms with E-state index in [4.69, 9.17) is 0 Å². The van der Waals surface area contributed by atoms with E-state index in [1.165, 1.54) is 0 Å². The van der Waals surface area contributed by atoms with Crippen LogP contribution in [-0.2, 0) is 10.0 Å². The van der Waals surface area contributed by atoms with Gasteiger partial charge in [-0.1, -0.05) is 15.9 Å². The number of sulfonamides is 1. The molecule has 7 heteroatoms. The zero-order chi connectivity index (χ0) is 16.2. The second-order valence-electron chi connectivity index (χ2n) is 5.71. The molecule has 1 saturated heterocycles. The fourth-order valence-electron chi connectivity index (χ4n) is 2.57. The summed E-state index contributed by atoms with van der Waals surface area (Å²) in [7, 11) is -3.43. The number of benzene rings is 1. The number of rotatable bonds is 6. The van der Waals surface area contributed by atoms with Crippen molar-refractivity contribution in [2.75, 3.05) is 39.3 Å². The van der Waals surface area contributed by atoms with Crippen LogP contribution in [0.5, 0.6) is 0 Å². The summed E-state index contributed by atoms with van der Waals surface area (Å²) in [5.41, 5.74) is 1.68. The highest BCUT2D eigenvalue weighted by Gasteiger charge is 2.18. The SMILES string of the molecule is Cc1cc(S(=O)(=O)NCCCN2CCNCC2)c(C)cc1Br. The summed E-state index contributed by atoms with van der Waals surface area (Å²) in [6, 6.07) is 3.57. The van der Waals surface area contributed by atoms with Crippen molar-refractivity contribution in [2.24, 2.45) is 0 Å². The summed E-state index contributed by atoms with van der Waals surface area (Å²) in [4.78, 5) is 2.73. The Bertz CT molecular complexity index is 613. The molecule has 1 aliphatic heterocycles. The predicted octanol–water partition coefficient (Wildman–Crippen LogP) is 1.64. The largest absolute Gasteiger partial charge is 0.314 e. The Labute approximate surface area is 141 Å². The van der Waals surface area contributed by atoms with Crippen LogP contribution in [0.2, 0.25) is 0 Å². The van der Waals surface area contributed by atoms with Gasteiger partial charge in [-0.3, -0.25) is 0 Å². The lowest BCUT2D eigenvalue weighted by atomic mass is 10.2. The fraction of sp³-hybridized carbons (Fsp3) is 0.600. The maximum Gasteiger partial charge on any atom is 0.240 e. The van der Waals surface area contributed by atoms with Gasteiger partial charge in [0.2, 0.25) is 10.0 Å². The van der Waals surface area contributed by atoms with E-state index >= 15 is 0 Å². The first kappa shape index (κ1) is 17.9. The molecule has 1 fully saturated rings. The van der Waals surface area contributed by atoms with Gasteiger partial charge in [0, 0.05) is 37.2 Å². The van der Waals surface area contributed by atoms with Gasteiger partial charge in [-0.25, -0.2) is 13.1 Å². The lowest BCUT2D eigenvalue weighted by molar-refractivity contribution is 0.239. The highest BCUT2D eigenvalue weighted by atomic mass is 79.9. The molecule has 0 saturated carbocycles. The molecule has 0 bridgehead atoms. The molecule has 0 atom stereocenters. The molecule has 0 spiro atoms. The molecular weight excluding hydrogens is 366 g/mol. The quantitative estimate of drug-likeness (QED) is 0.725. The van der Waals surface area contributed by atoms with Crippen LogP contribution in [0.25, 0.3) is 0 Å².